The maximum absolute atomic E-state index is 5.78. The minimum Gasteiger partial charge on any atom is -0.357 e. The summed E-state index contributed by atoms with van der Waals surface area (Å²) in [7, 11) is -0.561. The lowest BCUT2D eigenvalue weighted by atomic mass is 10.2. The van der Waals surface area contributed by atoms with Gasteiger partial charge < -0.3 is 9.47 Å². The second kappa shape index (κ2) is 9.08. The molecule has 0 saturated heterocycles. The van der Waals surface area contributed by atoms with Gasteiger partial charge in [-0.1, -0.05) is 56.0 Å². The van der Waals surface area contributed by atoms with Gasteiger partial charge in [-0.2, -0.15) is 0 Å². The fourth-order valence-electron chi connectivity index (χ4n) is 1.70. The first-order valence-electron chi connectivity index (χ1n) is 6.74. The second-order valence-electron chi connectivity index (χ2n) is 4.32. The van der Waals surface area contributed by atoms with Gasteiger partial charge in [0.2, 0.25) is 0 Å². The number of benzene rings is 1. The van der Waals surface area contributed by atoms with E-state index >= 15 is 0 Å². The molecule has 0 unspecified atom stereocenters. The summed E-state index contributed by atoms with van der Waals surface area (Å²) in [4.78, 5) is 0. The van der Waals surface area contributed by atoms with Crippen molar-refractivity contribution < 1.29 is 9.47 Å². The van der Waals surface area contributed by atoms with Crippen LogP contribution in [0, 0.1) is 0 Å². The Morgan fingerprint density at radius 2 is 1.89 bits per heavy atom. The highest BCUT2D eigenvalue weighted by Crippen LogP contribution is 2.01. The van der Waals surface area contributed by atoms with Crippen LogP contribution in [-0.2, 0) is 9.47 Å². The number of ether oxygens (including phenoxy) is 2. The third-order valence-corrected chi connectivity index (χ3v) is 4.32. The van der Waals surface area contributed by atoms with Gasteiger partial charge in [0.1, 0.15) is 15.4 Å². The molecule has 1 aromatic rings. The maximum Gasteiger partial charge on any atom is 0.139 e. The quantitative estimate of drug-likeness (QED) is 0.503. The van der Waals surface area contributed by atoms with Crippen molar-refractivity contribution in [3.63, 3.8) is 0 Å². The molecule has 0 aliphatic rings. The number of hydrogen-bond donors (Lipinski definition) is 0. The van der Waals surface area contributed by atoms with E-state index < -0.39 is 9.52 Å². The Bertz CT molecular complexity index is 344. The average molecular weight is 264 g/mol. The van der Waals surface area contributed by atoms with Crippen molar-refractivity contribution in [1.29, 1.82) is 0 Å². The first-order valence-corrected chi connectivity index (χ1v) is 8.27. The maximum atomic E-state index is 5.78. The zero-order chi connectivity index (χ0) is 13.2. The van der Waals surface area contributed by atoms with E-state index in [-0.39, 0.29) is 5.91 Å². The molecule has 0 spiro atoms. The molecule has 0 amide bonds. The molecule has 3 heteroatoms. The molecule has 18 heavy (non-hydrogen) atoms. The van der Waals surface area contributed by atoms with Crippen LogP contribution in [0.3, 0.4) is 0 Å². The Morgan fingerprint density at radius 1 is 1.22 bits per heavy atom. The van der Waals surface area contributed by atoms with E-state index in [9.17, 15) is 0 Å². The van der Waals surface area contributed by atoms with Crippen LogP contribution in [0.5, 0.6) is 0 Å². The molecule has 0 aromatic heterocycles. The van der Waals surface area contributed by atoms with Crippen LogP contribution in [-0.4, -0.2) is 28.6 Å². The fourth-order valence-corrected chi connectivity index (χ4v) is 3.28. The molecule has 0 saturated carbocycles. The molecule has 0 atom stereocenters. The van der Waals surface area contributed by atoms with Gasteiger partial charge in [0.05, 0.1) is 0 Å². The summed E-state index contributed by atoms with van der Waals surface area (Å²) in [6, 6.07) is 8.50. The lowest BCUT2D eigenvalue weighted by molar-refractivity contribution is -0.0894. The van der Waals surface area contributed by atoms with E-state index in [2.05, 4.69) is 44.7 Å². The van der Waals surface area contributed by atoms with Gasteiger partial charge in [0.15, 0.2) is 0 Å². The van der Waals surface area contributed by atoms with Crippen LogP contribution in [0.1, 0.15) is 32.3 Å². The van der Waals surface area contributed by atoms with Gasteiger partial charge in [0.25, 0.3) is 0 Å². The molecular formula is C15H24O2Si. The van der Waals surface area contributed by atoms with Crippen LogP contribution in [0.4, 0.5) is 0 Å². The monoisotopic (exact) mass is 264 g/mol. The summed E-state index contributed by atoms with van der Waals surface area (Å²) >= 11 is 0. The van der Waals surface area contributed by atoms with Crippen LogP contribution >= 0.6 is 0 Å². The Kier molecular flexibility index (Phi) is 7.65. The van der Waals surface area contributed by atoms with E-state index in [1.165, 1.54) is 10.8 Å². The first-order chi connectivity index (χ1) is 8.80. The van der Waals surface area contributed by atoms with E-state index in [0.717, 1.165) is 26.1 Å². The SMILES string of the molecule is C=Cc1cccc([SiH2]C(OCCC)OCCC)c1. The molecule has 0 aliphatic carbocycles. The molecule has 0 N–H and O–H groups in total. The molecule has 0 heterocycles. The first kappa shape index (κ1) is 15.2. The lowest BCUT2D eigenvalue weighted by Gasteiger charge is -2.18. The third-order valence-electron chi connectivity index (χ3n) is 2.60. The predicted octanol–water partition coefficient (Wildman–Crippen LogP) is 2.26. The molecule has 0 radical (unpaired) electrons. The Morgan fingerprint density at radius 3 is 2.44 bits per heavy atom. The highest BCUT2D eigenvalue weighted by molar-refractivity contribution is 6.54. The zero-order valence-corrected chi connectivity index (χ0v) is 12.9. The smallest absolute Gasteiger partial charge is 0.139 e. The molecule has 0 bridgehead atoms. The minimum atomic E-state index is -0.561. The minimum absolute atomic E-state index is 0.00460. The van der Waals surface area contributed by atoms with Crippen molar-refractivity contribution in [2.24, 2.45) is 0 Å². The van der Waals surface area contributed by atoms with Gasteiger partial charge in [-0.25, -0.2) is 0 Å². The summed E-state index contributed by atoms with van der Waals surface area (Å²) < 4.78 is 11.6. The van der Waals surface area contributed by atoms with Gasteiger partial charge in [-0.3, -0.25) is 0 Å². The lowest BCUT2D eigenvalue weighted by Crippen LogP contribution is -2.33. The summed E-state index contributed by atoms with van der Waals surface area (Å²) in [5.74, 6) is 0.00460. The topological polar surface area (TPSA) is 18.5 Å². The zero-order valence-electron chi connectivity index (χ0n) is 11.5. The van der Waals surface area contributed by atoms with Gasteiger partial charge >= 0.3 is 0 Å². The van der Waals surface area contributed by atoms with Gasteiger partial charge in [0, 0.05) is 13.2 Å². The normalized spacial score (nSPS) is 11.5. The predicted molar refractivity (Wildman–Crippen MR) is 81.0 cm³/mol. The van der Waals surface area contributed by atoms with E-state index in [1.54, 1.807) is 0 Å². The van der Waals surface area contributed by atoms with E-state index in [4.69, 9.17) is 9.47 Å². The van der Waals surface area contributed by atoms with Crippen LogP contribution in [0.15, 0.2) is 30.8 Å². The van der Waals surface area contributed by atoms with Gasteiger partial charge in [-0.05, 0) is 18.4 Å². The number of rotatable bonds is 9. The van der Waals surface area contributed by atoms with Crippen molar-refractivity contribution in [3.8, 4) is 0 Å². The van der Waals surface area contributed by atoms with Crippen molar-refractivity contribution in [2.75, 3.05) is 13.2 Å². The van der Waals surface area contributed by atoms with Crippen LogP contribution in [0.2, 0.25) is 0 Å². The molecule has 0 fully saturated rings. The molecule has 1 rings (SSSR count). The Balaban J connectivity index is 2.59. The fraction of sp³-hybridized carbons (Fsp3) is 0.467. The van der Waals surface area contributed by atoms with E-state index in [1.807, 2.05) is 6.08 Å². The largest absolute Gasteiger partial charge is 0.357 e. The van der Waals surface area contributed by atoms with Crippen molar-refractivity contribution in [1.82, 2.24) is 0 Å². The van der Waals surface area contributed by atoms with Crippen molar-refractivity contribution in [3.05, 3.63) is 36.4 Å². The molecule has 0 aliphatic heterocycles. The van der Waals surface area contributed by atoms with Gasteiger partial charge in [-0.15, -0.1) is 0 Å². The Labute approximate surface area is 113 Å². The molecule has 100 valence electrons. The Hall–Kier alpha value is -0.903. The molecule has 2 nitrogen and oxygen atoms in total. The summed E-state index contributed by atoms with van der Waals surface area (Å²) in [6.07, 6.45) is 3.95. The average Bonchev–Trinajstić information content (AvgIpc) is 2.42. The van der Waals surface area contributed by atoms with Crippen LogP contribution < -0.4 is 5.19 Å². The summed E-state index contributed by atoms with van der Waals surface area (Å²) in [5, 5.41) is 1.37. The molecular weight excluding hydrogens is 240 g/mol. The highest BCUT2D eigenvalue weighted by atomic mass is 28.2. The standard InChI is InChI=1S/C15H24O2Si/c1-4-10-16-15(17-11-5-2)18-14-9-7-8-13(6-3)12-14/h6-9,12,15H,3-5,10-11,18H2,1-2H3. The van der Waals surface area contributed by atoms with Crippen molar-refractivity contribution >= 4 is 20.8 Å². The summed E-state index contributed by atoms with van der Waals surface area (Å²) in [6.45, 7) is 9.61. The number of hydrogen-bond acceptors (Lipinski definition) is 2. The highest BCUT2D eigenvalue weighted by Gasteiger charge is 2.10. The third kappa shape index (κ3) is 5.62. The van der Waals surface area contributed by atoms with Crippen molar-refractivity contribution in [2.45, 2.75) is 32.6 Å². The molecule has 1 aromatic carbocycles. The van der Waals surface area contributed by atoms with Crippen LogP contribution in [0.25, 0.3) is 6.08 Å². The van der Waals surface area contributed by atoms with E-state index in [0.29, 0.717) is 0 Å². The summed E-state index contributed by atoms with van der Waals surface area (Å²) in [5.41, 5.74) is 1.17. The second-order valence-corrected chi connectivity index (χ2v) is 6.22.